The maximum atomic E-state index is 14.8. The lowest BCUT2D eigenvalue weighted by Crippen LogP contribution is -2.16. The quantitative estimate of drug-likeness (QED) is 0.145. The Morgan fingerprint density at radius 1 is 0.391 bits per heavy atom. The van der Waals surface area contributed by atoms with Crippen molar-refractivity contribution in [1.82, 2.24) is 4.40 Å². The first kappa shape index (κ1) is 37.7. The molecule has 1 aliphatic rings. The molecule has 0 spiro atoms. The maximum absolute atomic E-state index is 14.8. The van der Waals surface area contributed by atoms with Gasteiger partial charge in [-0.3, -0.25) is 0 Å². The molecule has 0 unspecified atom stereocenters. The molecular weight excluding hydrogens is 780 g/mol. The minimum atomic E-state index is -0.258. The Kier molecular flexibility index (Phi) is 8.74. The molecule has 9 aromatic carbocycles. The molecule has 1 aliphatic carbocycles. The Bertz CT molecular complexity index is 3550. The fourth-order valence-corrected chi connectivity index (χ4v) is 10.4. The Hall–Kier alpha value is -8.01. The van der Waals surface area contributed by atoms with Crippen LogP contribution in [0.1, 0.15) is 25.0 Å². The lowest BCUT2D eigenvalue weighted by atomic mass is 9.82. The van der Waals surface area contributed by atoms with Crippen molar-refractivity contribution in [2.75, 3.05) is 4.90 Å². The van der Waals surface area contributed by atoms with E-state index in [0.29, 0.717) is 0 Å². The van der Waals surface area contributed by atoms with Crippen LogP contribution < -0.4 is 4.90 Å². The Morgan fingerprint density at radius 3 is 1.59 bits per heavy atom. The van der Waals surface area contributed by atoms with E-state index in [1.165, 1.54) is 44.2 Å². The highest BCUT2D eigenvalue weighted by molar-refractivity contribution is 6.20. The zero-order chi connectivity index (χ0) is 42.9. The lowest BCUT2D eigenvalue weighted by molar-refractivity contribution is 0.628. The minimum absolute atomic E-state index is 0.148. The van der Waals surface area contributed by atoms with Gasteiger partial charge in [0.05, 0.1) is 16.7 Å². The number of halogens is 1. The predicted octanol–water partition coefficient (Wildman–Crippen LogP) is 16.8. The summed E-state index contributed by atoms with van der Waals surface area (Å²) in [4.78, 5) is 2.38. The molecule has 0 saturated heterocycles. The maximum Gasteiger partial charge on any atom is 0.123 e. The molecule has 0 amide bonds. The third-order valence-corrected chi connectivity index (χ3v) is 13.4. The monoisotopic (exact) mass is 822 g/mol. The van der Waals surface area contributed by atoms with Crippen LogP contribution in [0.3, 0.4) is 0 Å². The molecule has 64 heavy (non-hydrogen) atoms. The summed E-state index contributed by atoms with van der Waals surface area (Å²) in [6, 6.07) is 79.4. The van der Waals surface area contributed by atoms with Crippen LogP contribution in [-0.4, -0.2) is 4.40 Å². The molecule has 11 aromatic rings. The molecule has 0 atom stereocenters. The second-order valence-corrected chi connectivity index (χ2v) is 17.4. The van der Waals surface area contributed by atoms with Gasteiger partial charge in [0.25, 0.3) is 0 Å². The molecular formula is C61H43FN2. The molecule has 0 fully saturated rings. The van der Waals surface area contributed by atoms with E-state index < -0.39 is 0 Å². The zero-order valence-electron chi connectivity index (χ0n) is 35.6. The van der Waals surface area contributed by atoms with E-state index in [-0.39, 0.29) is 11.2 Å². The first-order valence-electron chi connectivity index (χ1n) is 22.0. The van der Waals surface area contributed by atoms with Crippen LogP contribution in [-0.2, 0) is 5.41 Å². The average Bonchev–Trinajstić information content (AvgIpc) is 3.83. The molecule has 2 heterocycles. The number of pyridine rings is 1. The molecule has 12 rings (SSSR count). The molecule has 304 valence electrons. The normalized spacial score (nSPS) is 12.7. The number of benzene rings is 9. The van der Waals surface area contributed by atoms with Crippen LogP contribution in [0.5, 0.6) is 0 Å². The van der Waals surface area contributed by atoms with Crippen LogP contribution in [0.25, 0.3) is 83.0 Å². The van der Waals surface area contributed by atoms with Gasteiger partial charge < -0.3 is 9.30 Å². The van der Waals surface area contributed by atoms with E-state index in [4.69, 9.17) is 0 Å². The van der Waals surface area contributed by atoms with Gasteiger partial charge in [-0.15, -0.1) is 0 Å². The predicted molar refractivity (Wildman–Crippen MR) is 266 cm³/mol. The summed E-state index contributed by atoms with van der Waals surface area (Å²) in [5, 5.41) is 3.54. The molecule has 0 saturated carbocycles. The summed E-state index contributed by atoms with van der Waals surface area (Å²) in [5.74, 6) is -0.258. The van der Waals surface area contributed by atoms with Crippen LogP contribution in [0.15, 0.2) is 224 Å². The van der Waals surface area contributed by atoms with E-state index in [1.807, 2.05) is 12.1 Å². The number of rotatable bonds is 7. The first-order chi connectivity index (χ1) is 31.4. The van der Waals surface area contributed by atoms with Gasteiger partial charge in [0.15, 0.2) is 0 Å². The second kappa shape index (κ2) is 14.8. The molecule has 0 N–H and O–H groups in total. The van der Waals surface area contributed by atoms with Gasteiger partial charge in [-0.1, -0.05) is 184 Å². The average molecular weight is 823 g/mol. The smallest absolute Gasteiger partial charge is 0.123 e. The van der Waals surface area contributed by atoms with Crippen molar-refractivity contribution in [3.63, 3.8) is 0 Å². The molecule has 2 nitrogen and oxygen atoms in total. The van der Waals surface area contributed by atoms with Crippen LogP contribution in [0.4, 0.5) is 21.5 Å². The number of hydrogen-bond acceptors (Lipinski definition) is 1. The molecule has 2 aromatic heterocycles. The van der Waals surface area contributed by atoms with E-state index in [2.05, 4.69) is 223 Å². The Balaban J connectivity index is 1.10. The van der Waals surface area contributed by atoms with E-state index in [9.17, 15) is 4.39 Å². The third-order valence-electron chi connectivity index (χ3n) is 13.4. The van der Waals surface area contributed by atoms with Gasteiger partial charge in [-0.05, 0) is 110 Å². The highest BCUT2D eigenvalue weighted by atomic mass is 19.1. The minimum Gasteiger partial charge on any atom is -0.310 e. The van der Waals surface area contributed by atoms with Crippen LogP contribution in [0, 0.1) is 5.82 Å². The van der Waals surface area contributed by atoms with Gasteiger partial charge in [0.1, 0.15) is 5.82 Å². The van der Waals surface area contributed by atoms with E-state index >= 15 is 0 Å². The third kappa shape index (κ3) is 5.92. The van der Waals surface area contributed by atoms with Crippen molar-refractivity contribution < 1.29 is 4.39 Å². The standard InChI is InChI=1S/C61H43FN2/c1-61(2)54-23-13-11-20-50(54)51-38-37-48(39-55(51)61)63(46-33-27-41(28-34-46)40-15-5-3-6-16-40)47-35-29-44(30-36-47)59-57(43-25-31-45(62)32-26-43)58(42-17-7-4-8-18-42)60-53-22-10-9-19-49(53)52-21-12-14-24-56(52)64(59)60/h3-39H,1-2H3. The number of para-hydroxylation sites is 1. The number of fused-ring (bicyclic) bond motifs is 9. The number of aromatic nitrogens is 1. The number of anilines is 3. The summed E-state index contributed by atoms with van der Waals surface area (Å²) in [5.41, 5.74) is 19.3. The summed E-state index contributed by atoms with van der Waals surface area (Å²) in [6.07, 6.45) is 0. The molecule has 0 aliphatic heterocycles. The van der Waals surface area contributed by atoms with Gasteiger partial charge in [0, 0.05) is 44.4 Å². The fourth-order valence-electron chi connectivity index (χ4n) is 10.4. The van der Waals surface area contributed by atoms with Crippen LogP contribution in [0.2, 0.25) is 0 Å². The van der Waals surface area contributed by atoms with Crippen molar-refractivity contribution in [2.24, 2.45) is 0 Å². The number of hydrogen-bond donors (Lipinski definition) is 0. The summed E-state index contributed by atoms with van der Waals surface area (Å²) in [6.45, 7) is 4.68. The SMILES string of the molecule is CC1(C)c2ccccc2-c2ccc(N(c3ccc(-c4ccccc4)cc3)c3ccc(-c4c(-c5ccc(F)cc5)c(-c5ccccc5)c5c6ccccc6c6ccccc6n45)cc3)cc21. The van der Waals surface area contributed by atoms with Crippen molar-refractivity contribution >= 4 is 44.3 Å². The summed E-state index contributed by atoms with van der Waals surface area (Å²) < 4.78 is 17.2. The Labute approximate surface area is 372 Å². The van der Waals surface area contributed by atoms with Gasteiger partial charge >= 0.3 is 0 Å². The molecule has 0 bridgehead atoms. The van der Waals surface area contributed by atoms with Crippen molar-refractivity contribution in [2.45, 2.75) is 19.3 Å². The van der Waals surface area contributed by atoms with Gasteiger partial charge in [0.2, 0.25) is 0 Å². The fraction of sp³-hybridized carbons (Fsp3) is 0.0492. The van der Waals surface area contributed by atoms with Crippen molar-refractivity contribution in [3.05, 3.63) is 241 Å². The summed E-state index contributed by atoms with van der Waals surface area (Å²) in [7, 11) is 0. The van der Waals surface area contributed by atoms with Crippen LogP contribution >= 0.6 is 0 Å². The van der Waals surface area contributed by atoms with E-state index in [0.717, 1.165) is 67.0 Å². The van der Waals surface area contributed by atoms with Gasteiger partial charge in [-0.25, -0.2) is 4.39 Å². The zero-order valence-corrected chi connectivity index (χ0v) is 35.6. The highest BCUT2D eigenvalue weighted by Gasteiger charge is 2.36. The van der Waals surface area contributed by atoms with Crippen molar-refractivity contribution in [1.29, 1.82) is 0 Å². The first-order valence-corrected chi connectivity index (χ1v) is 22.0. The highest BCUT2D eigenvalue weighted by Crippen LogP contribution is 2.52. The van der Waals surface area contributed by atoms with Crippen molar-refractivity contribution in [3.8, 4) is 55.8 Å². The molecule has 3 heteroatoms. The topological polar surface area (TPSA) is 7.65 Å². The number of nitrogens with zero attached hydrogens (tertiary/aromatic N) is 2. The second-order valence-electron chi connectivity index (χ2n) is 17.4. The Morgan fingerprint density at radius 2 is 0.891 bits per heavy atom. The van der Waals surface area contributed by atoms with Gasteiger partial charge in [-0.2, -0.15) is 0 Å². The summed E-state index contributed by atoms with van der Waals surface area (Å²) >= 11 is 0. The van der Waals surface area contributed by atoms with E-state index in [1.54, 1.807) is 12.1 Å². The molecule has 0 radical (unpaired) electrons. The lowest BCUT2D eigenvalue weighted by Gasteiger charge is -2.28. The largest absolute Gasteiger partial charge is 0.310 e.